The highest BCUT2D eigenvalue weighted by Crippen LogP contribution is 2.36. The van der Waals surface area contributed by atoms with E-state index < -0.39 is 0 Å². The van der Waals surface area contributed by atoms with Crippen LogP contribution in [0.25, 0.3) is 11.3 Å². The normalized spacial score (nSPS) is 14.1. The van der Waals surface area contributed by atoms with Gasteiger partial charge in [-0.25, -0.2) is 4.99 Å². The molecule has 2 aromatic carbocycles. The number of para-hydroxylation sites is 1. The fourth-order valence-corrected chi connectivity index (χ4v) is 2.60. The fourth-order valence-electron chi connectivity index (χ4n) is 2.60. The van der Waals surface area contributed by atoms with E-state index in [0.29, 0.717) is 0 Å². The van der Waals surface area contributed by atoms with E-state index in [-0.39, 0.29) is 0 Å². The van der Waals surface area contributed by atoms with Gasteiger partial charge in [0, 0.05) is 22.9 Å². The molecule has 2 heteroatoms. The van der Waals surface area contributed by atoms with Crippen LogP contribution in [0.2, 0.25) is 0 Å². The minimum absolute atomic E-state index is 0.967. The van der Waals surface area contributed by atoms with Crippen LogP contribution < -0.4 is 0 Å². The third-order valence-electron chi connectivity index (χ3n) is 3.50. The van der Waals surface area contributed by atoms with Crippen molar-refractivity contribution in [3.63, 3.8) is 0 Å². The molecule has 4 rings (SSSR count). The Morgan fingerprint density at radius 3 is 2.20 bits per heavy atom. The van der Waals surface area contributed by atoms with Crippen molar-refractivity contribution in [2.45, 2.75) is 0 Å². The fraction of sp³-hybridized carbons (Fsp3) is 0. The summed E-state index contributed by atoms with van der Waals surface area (Å²) in [5, 5.41) is 0. The second-order valence-electron chi connectivity index (χ2n) is 4.74. The maximum atomic E-state index is 4.82. The van der Waals surface area contributed by atoms with E-state index in [2.05, 4.69) is 23.2 Å². The van der Waals surface area contributed by atoms with E-state index >= 15 is 0 Å². The molecule has 20 heavy (non-hydrogen) atoms. The second kappa shape index (κ2) is 4.42. The van der Waals surface area contributed by atoms with Crippen molar-refractivity contribution in [2.75, 3.05) is 0 Å². The molecule has 0 saturated carbocycles. The van der Waals surface area contributed by atoms with Crippen molar-refractivity contribution < 1.29 is 0 Å². The monoisotopic (exact) mass is 256 g/mol. The van der Waals surface area contributed by atoms with Gasteiger partial charge < -0.3 is 0 Å². The van der Waals surface area contributed by atoms with Crippen LogP contribution in [0.5, 0.6) is 0 Å². The molecule has 1 heterocycles. The van der Waals surface area contributed by atoms with Crippen molar-refractivity contribution in [3.05, 3.63) is 84.1 Å². The summed E-state index contributed by atoms with van der Waals surface area (Å²) in [7, 11) is 0. The summed E-state index contributed by atoms with van der Waals surface area (Å²) in [6.45, 7) is 0. The highest BCUT2D eigenvalue weighted by atomic mass is 14.8. The largest absolute Gasteiger partial charge is 0.256 e. The molecular formula is C18H12N2. The maximum absolute atomic E-state index is 4.82. The lowest BCUT2D eigenvalue weighted by Crippen LogP contribution is -1.97. The average Bonchev–Trinajstić information content (AvgIpc) is 2.84. The van der Waals surface area contributed by atoms with Crippen LogP contribution in [0.3, 0.4) is 0 Å². The molecule has 0 saturated heterocycles. The Bertz CT molecular complexity index is 757. The zero-order chi connectivity index (χ0) is 13.4. The zero-order valence-corrected chi connectivity index (χ0v) is 10.8. The molecule has 0 bridgehead atoms. The molecule has 0 atom stereocenters. The minimum Gasteiger partial charge on any atom is -0.256 e. The van der Waals surface area contributed by atoms with Gasteiger partial charge >= 0.3 is 0 Å². The van der Waals surface area contributed by atoms with E-state index in [9.17, 15) is 0 Å². The molecular weight excluding hydrogens is 244 g/mol. The molecule has 0 unspecified atom stereocenters. The van der Waals surface area contributed by atoms with E-state index in [4.69, 9.17) is 4.99 Å². The molecule has 94 valence electrons. The van der Waals surface area contributed by atoms with Crippen LogP contribution in [0.4, 0.5) is 5.69 Å². The topological polar surface area (TPSA) is 25.2 Å². The number of fused-ring (bicyclic) bond motifs is 3. The van der Waals surface area contributed by atoms with E-state index in [0.717, 1.165) is 33.8 Å². The van der Waals surface area contributed by atoms with Crippen molar-refractivity contribution in [1.82, 2.24) is 4.98 Å². The number of rotatable bonds is 1. The number of pyridine rings is 1. The number of aliphatic imine (C=N–C) groups is 1. The van der Waals surface area contributed by atoms with E-state index in [1.807, 2.05) is 54.7 Å². The molecule has 0 spiro atoms. The number of nitrogens with zero attached hydrogens (tertiary/aromatic N) is 2. The molecule has 3 aromatic rings. The van der Waals surface area contributed by atoms with Gasteiger partial charge in [0.1, 0.15) is 0 Å². The predicted octanol–water partition coefficient (Wildman–Crippen LogP) is 4.23. The molecule has 2 nitrogen and oxygen atoms in total. The van der Waals surface area contributed by atoms with Crippen molar-refractivity contribution in [3.8, 4) is 11.3 Å². The first-order valence-corrected chi connectivity index (χ1v) is 6.62. The van der Waals surface area contributed by atoms with E-state index in [1.165, 1.54) is 0 Å². The number of aromatic nitrogens is 1. The quantitative estimate of drug-likeness (QED) is 0.500. The summed E-state index contributed by atoms with van der Waals surface area (Å²) < 4.78 is 0. The Balaban J connectivity index is 1.99. The SMILES string of the molecule is c1ccc(N=C2c3ccccc3-c3ncccc32)cc1. The van der Waals surface area contributed by atoms with Crippen LogP contribution in [-0.4, -0.2) is 10.7 Å². The average molecular weight is 256 g/mol. The maximum Gasteiger partial charge on any atom is 0.0810 e. The lowest BCUT2D eigenvalue weighted by molar-refractivity contribution is 1.33. The molecule has 1 aliphatic rings. The van der Waals surface area contributed by atoms with Crippen molar-refractivity contribution in [1.29, 1.82) is 0 Å². The highest BCUT2D eigenvalue weighted by molar-refractivity contribution is 6.24. The first kappa shape index (κ1) is 11.1. The van der Waals surface area contributed by atoms with Crippen molar-refractivity contribution >= 4 is 11.4 Å². The molecule has 0 amide bonds. The lowest BCUT2D eigenvalue weighted by atomic mass is 10.1. The molecule has 0 fully saturated rings. The smallest absolute Gasteiger partial charge is 0.0810 e. The number of benzene rings is 2. The zero-order valence-electron chi connectivity index (χ0n) is 10.8. The predicted molar refractivity (Wildman–Crippen MR) is 81.4 cm³/mol. The van der Waals surface area contributed by atoms with Crippen molar-refractivity contribution in [2.24, 2.45) is 4.99 Å². The third kappa shape index (κ3) is 1.66. The summed E-state index contributed by atoms with van der Waals surface area (Å²) >= 11 is 0. The Morgan fingerprint density at radius 2 is 1.35 bits per heavy atom. The molecule has 0 radical (unpaired) electrons. The van der Waals surface area contributed by atoms with Gasteiger partial charge in [-0.2, -0.15) is 0 Å². The molecule has 0 aliphatic heterocycles. The van der Waals surface area contributed by atoms with Crippen LogP contribution in [0.15, 0.2) is 77.9 Å². The summed E-state index contributed by atoms with van der Waals surface area (Å²) in [5.74, 6) is 0. The van der Waals surface area contributed by atoms with E-state index in [1.54, 1.807) is 0 Å². The standard InChI is InChI=1S/C18H12N2/c1-2-7-13(8-3-1)20-18-15-10-5-4-9-14(15)17-16(18)11-6-12-19-17/h1-12H. The first-order valence-electron chi connectivity index (χ1n) is 6.62. The Kier molecular flexibility index (Phi) is 2.46. The van der Waals surface area contributed by atoms with Gasteiger partial charge in [-0.1, -0.05) is 42.5 Å². The number of hydrogen-bond acceptors (Lipinski definition) is 2. The summed E-state index contributed by atoms with van der Waals surface area (Å²) in [6.07, 6.45) is 1.83. The molecule has 1 aromatic heterocycles. The number of hydrogen-bond donors (Lipinski definition) is 0. The molecule has 0 N–H and O–H groups in total. The van der Waals surface area contributed by atoms with Gasteiger partial charge in [0.25, 0.3) is 0 Å². The van der Waals surface area contributed by atoms with Crippen LogP contribution in [-0.2, 0) is 0 Å². The first-order chi connectivity index (χ1) is 9.93. The lowest BCUT2D eigenvalue weighted by Gasteiger charge is -2.01. The van der Waals surface area contributed by atoms with Gasteiger partial charge in [0.05, 0.1) is 17.1 Å². The van der Waals surface area contributed by atoms with Gasteiger partial charge in [0.15, 0.2) is 0 Å². The second-order valence-corrected chi connectivity index (χ2v) is 4.74. The third-order valence-corrected chi connectivity index (χ3v) is 3.50. The Labute approximate surface area is 117 Å². The van der Waals surface area contributed by atoms with Gasteiger partial charge in [-0.3, -0.25) is 4.98 Å². The van der Waals surface area contributed by atoms with Gasteiger partial charge in [-0.15, -0.1) is 0 Å². The van der Waals surface area contributed by atoms with Gasteiger partial charge in [0.2, 0.25) is 0 Å². The minimum atomic E-state index is 0.967. The summed E-state index contributed by atoms with van der Waals surface area (Å²) in [6, 6.07) is 22.4. The van der Waals surface area contributed by atoms with Gasteiger partial charge in [-0.05, 0) is 24.3 Å². The summed E-state index contributed by atoms with van der Waals surface area (Å²) in [4.78, 5) is 9.33. The molecule has 1 aliphatic carbocycles. The highest BCUT2D eigenvalue weighted by Gasteiger charge is 2.25. The Morgan fingerprint density at radius 1 is 0.650 bits per heavy atom. The van der Waals surface area contributed by atoms with Crippen LogP contribution in [0.1, 0.15) is 11.1 Å². The van der Waals surface area contributed by atoms with Crippen LogP contribution in [0, 0.1) is 0 Å². The van der Waals surface area contributed by atoms with Crippen LogP contribution >= 0.6 is 0 Å². The Hall–Kier alpha value is -2.74. The summed E-state index contributed by atoms with van der Waals surface area (Å²) in [5.41, 5.74) is 6.43.